The third-order valence-electron chi connectivity index (χ3n) is 0.413. The molecule has 7 heavy (non-hydrogen) atoms. The molecule has 0 saturated heterocycles. The monoisotopic (exact) mass is 208 g/mol. The second-order valence-corrected chi connectivity index (χ2v) is 5.83. The molecule has 0 N–H and O–H groups in total. The molecule has 0 aliphatic carbocycles. The molecule has 0 atom stereocenters. The molecule has 0 aromatic carbocycles. The van der Waals surface area contributed by atoms with Crippen molar-refractivity contribution < 1.29 is 17.9 Å². The molecule has 0 fully saturated rings. The minimum atomic E-state index is 1.17. The fourth-order valence-electron chi connectivity index (χ4n) is 0.172. The van der Waals surface area contributed by atoms with Gasteiger partial charge in [-0.25, -0.2) is 0 Å². The quantitative estimate of drug-likeness (QED) is 0.482. The number of rotatable bonds is 2. The van der Waals surface area contributed by atoms with Gasteiger partial charge in [-0.1, -0.05) is 0 Å². The van der Waals surface area contributed by atoms with Crippen LogP contribution in [0.5, 0.6) is 0 Å². The molecule has 0 aromatic heterocycles. The van der Waals surface area contributed by atoms with Gasteiger partial charge in [0.05, 0.1) is 0 Å². The van der Waals surface area contributed by atoms with E-state index in [1.807, 2.05) is 12.2 Å². The van der Waals surface area contributed by atoms with Crippen molar-refractivity contribution in [3.63, 3.8) is 0 Å². The van der Waals surface area contributed by atoms with Gasteiger partial charge in [-0.3, -0.25) is 0 Å². The van der Waals surface area contributed by atoms with E-state index in [2.05, 4.69) is 22.5 Å². The maximum atomic E-state index is 3.53. The van der Waals surface area contributed by atoms with E-state index in [4.69, 9.17) is 0 Å². The summed E-state index contributed by atoms with van der Waals surface area (Å²) in [6.07, 6.45) is 5.66. The molecule has 0 saturated carbocycles. The van der Waals surface area contributed by atoms with Gasteiger partial charge in [0.2, 0.25) is 0 Å². The first-order valence-corrected chi connectivity index (χ1v) is 4.18. The zero-order chi connectivity index (χ0) is 5.70. The van der Waals surface area contributed by atoms with Crippen LogP contribution in [0.15, 0.2) is 24.8 Å². The third kappa shape index (κ3) is 6.45. The van der Waals surface area contributed by atoms with Crippen LogP contribution < -0.4 is 0 Å². The van der Waals surface area contributed by atoms with Crippen molar-refractivity contribution in [3.8, 4) is 0 Å². The van der Waals surface area contributed by atoms with Crippen LogP contribution in [-0.2, 0) is 17.9 Å². The Bertz CT molecular complexity index is 105. The SMILES string of the molecule is C=C/C=C\[C](=[Zn])Br. The molecule has 0 nitrogen and oxygen atoms in total. The predicted molar refractivity (Wildman–Crippen MR) is 33.3 cm³/mol. The van der Waals surface area contributed by atoms with Gasteiger partial charge in [0.1, 0.15) is 0 Å². The van der Waals surface area contributed by atoms with Crippen LogP contribution in [0.1, 0.15) is 0 Å². The minimum absolute atomic E-state index is 1.17. The van der Waals surface area contributed by atoms with Crippen LogP contribution in [0.25, 0.3) is 0 Å². The average Bonchev–Trinajstić information content (AvgIpc) is 1.61. The number of allylic oxidation sites excluding steroid dienone is 3. The van der Waals surface area contributed by atoms with Gasteiger partial charge in [0.25, 0.3) is 0 Å². The molecule has 0 aliphatic heterocycles. The Kier molecular flexibility index (Phi) is 4.91. The molecule has 0 unspecified atom stereocenters. The zero-order valence-electron chi connectivity index (χ0n) is 4.02. The van der Waals surface area contributed by atoms with Crippen molar-refractivity contribution in [2.45, 2.75) is 0 Å². The Morgan fingerprint density at radius 1 is 1.71 bits per heavy atom. The number of halogens is 1. The summed E-state index contributed by atoms with van der Waals surface area (Å²) in [6, 6.07) is 0. The molecule has 2 heteroatoms. The molecule has 0 amide bonds. The van der Waals surface area contributed by atoms with Crippen molar-refractivity contribution in [1.29, 1.82) is 0 Å². The topological polar surface area (TPSA) is 0 Å². The van der Waals surface area contributed by atoms with E-state index in [0.717, 1.165) is 0 Å². The summed E-state index contributed by atoms with van der Waals surface area (Å²) in [5.74, 6) is 0. The van der Waals surface area contributed by atoms with E-state index in [1.54, 1.807) is 6.08 Å². The Hall–Kier alpha value is 0.453. The standard InChI is InChI=1S/C5H5Br.Zn/c1-2-3-4-5-6;/h2-4H,1H2;/b4-3-;. The Labute approximate surface area is 61.6 Å². The molecule has 0 bridgehead atoms. The Morgan fingerprint density at radius 2 is 2.29 bits per heavy atom. The first-order valence-electron chi connectivity index (χ1n) is 1.91. The second kappa shape index (κ2) is 4.61. The van der Waals surface area contributed by atoms with Crippen LogP contribution in [0.3, 0.4) is 0 Å². The zero-order valence-corrected chi connectivity index (χ0v) is 8.58. The van der Waals surface area contributed by atoms with Crippen LogP contribution in [0.2, 0.25) is 0 Å². The molecule has 0 aromatic rings. The van der Waals surface area contributed by atoms with E-state index in [1.165, 1.54) is 20.9 Å². The first kappa shape index (κ1) is 7.45. The summed E-state index contributed by atoms with van der Waals surface area (Å²) in [4.78, 5) is 0. The summed E-state index contributed by atoms with van der Waals surface area (Å²) >= 11 is 4.48. The summed E-state index contributed by atoms with van der Waals surface area (Å²) in [6.45, 7) is 3.53. The Morgan fingerprint density at radius 3 is 2.43 bits per heavy atom. The van der Waals surface area contributed by atoms with Gasteiger partial charge < -0.3 is 0 Å². The second-order valence-electron chi connectivity index (χ2n) is 1.04. The van der Waals surface area contributed by atoms with E-state index in [-0.39, 0.29) is 0 Å². The summed E-state index contributed by atoms with van der Waals surface area (Å²) in [5, 5.41) is 0. The third-order valence-corrected chi connectivity index (χ3v) is 1.17. The molecule has 0 rings (SSSR count). The van der Waals surface area contributed by atoms with Gasteiger partial charge in [-0.05, 0) is 0 Å². The fraction of sp³-hybridized carbons (Fsp3) is 0. The molecule has 34 valence electrons. The van der Waals surface area contributed by atoms with Crippen molar-refractivity contribution in [3.05, 3.63) is 24.8 Å². The van der Waals surface area contributed by atoms with E-state index >= 15 is 0 Å². The molecular formula is C5H5BrZn. The van der Waals surface area contributed by atoms with Crippen molar-refractivity contribution in [2.75, 3.05) is 0 Å². The fourth-order valence-corrected chi connectivity index (χ4v) is 0.611. The first-order chi connectivity index (χ1) is 3.27. The van der Waals surface area contributed by atoms with Crippen LogP contribution in [-0.4, -0.2) is 3.02 Å². The van der Waals surface area contributed by atoms with E-state index < -0.39 is 0 Å². The van der Waals surface area contributed by atoms with Gasteiger partial charge in [0.15, 0.2) is 0 Å². The van der Waals surface area contributed by atoms with E-state index in [0.29, 0.717) is 0 Å². The van der Waals surface area contributed by atoms with Crippen molar-refractivity contribution in [1.82, 2.24) is 0 Å². The van der Waals surface area contributed by atoms with Crippen LogP contribution in [0, 0.1) is 0 Å². The summed E-state index contributed by atoms with van der Waals surface area (Å²) in [5.41, 5.74) is 0. The van der Waals surface area contributed by atoms with Crippen molar-refractivity contribution >= 4 is 18.9 Å². The van der Waals surface area contributed by atoms with Crippen LogP contribution >= 0.6 is 15.9 Å². The summed E-state index contributed by atoms with van der Waals surface area (Å²) in [7, 11) is 0. The van der Waals surface area contributed by atoms with Gasteiger partial charge in [0, 0.05) is 0 Å². The molecule has 0 aliphatic rings. The number of hydrogen-bond acceptors (Lipinski definition) is 0. The van der Waals surface area contributed by atoms with Gasteiger partial charge >= 0.3 is 61.6 Å². The van der Waals surface area contributed by atoms with Gasteiger partial charge in [-0.15, -0.1) is 0 Å². The molecule has 0 radical (unpaired) electrons. The van der Waals surface area contributed by atoms with E-state index in [9.17, 15) is 0 Å². The predicted octanol–water partition coefficient (Wildman–Crippen LogP) is 1.80. The Balaban J connectivity index is 3.46. The number of hydrogen-bond donors (Lipinski definition) is 0. The average molecular weight is 210 g/mol. The van der Waals surface area contributed by atoms with Crippen LogP contribution in [0.4, 0.5) is 0 Å². The molecular weight excluding hydrogens is 205 g/mol. The maximum absolute atomic E-state index is 3.53. The summed E-state index contributed by atoms with van der Waals surface area (Å²) < 4.78 is 1.24. The molecule has 0 heterocycles. The normalized spacial score (nSPS) is 9.57. The molecule has 0 spiro atoms. The van der Waals surface area contributed by atoms with Crippen molar-refractivity contribution in [2.24, 2.45) is 0 Å². The van der Waals surface area contributed by atoms with Gasteiger partial charge in [-0.2, -0.15) is 0 Å².